The monoisotopic (exact) mass is 194 g/mol. The molecule has 3 nitrogen and oxygen atoms in total. The van der Waals surface area contributed by atoms with Crippen molar-refractivity contribution < 1.29 is 4.74 Å². The molecule has 0 N–H and O–H groups in total. The number of rotatable bonds is 2. The maximum Gasteiger partial charge on any atom is 0.0941 e. The van der Waals surface area contributed by atoms with Gasteiger partial charge < -0.3 is 4.74 Å². The minimum Gasteiger partial charge on any atom is -0.380 e. The van der Waals surface area contributed by atoms with Crippen molar-refractivity contribution in [1.82, 2.24) is 4.98 Å². The van der Waals surface area contributed by atoms with Crippen LogP contribution in [0.15, 0.2) is 11.6 Å². The fourth-order valence-corrected chi connectivity index (χ4v) is 2.26. The number of aromatic nitrogens is 1. The summed E-state index contributed by atoms with van der Waals surface area (Å²) in [5, 5.41) is 12.0. The van der Waals surface area contributed by atoms with E-state index in [0.717, 1.165) is 17.8 Å². The highest BCUT2D eigenvalue weighted by Crippen LogP contribution is 2.32. The molecular weight excluding hydrogens is 184 g/mol. The van der Waals surface area contributed by atoms with Crippen LogP contribution in [-0.2, 0) is 11.2 Å². The van der Waals surface area contributed by atoms with E-state index in [0.29, 0.717) is 13.2 Å². The number of hydrogen-bond acceptors (Lipinski definition) is 4. The van der Waals surface area contributed by atoms with Crippen LogP contribution in [0.5, 0.6) is 0 Å². The van der Waals surface area contributed by atoms with Gasteiger partial charge in [0.05, 0.1) is 23.1 Å². The van der Waals surface area contributed by atoms with Gasteiger partial charge in [0.15, 0.2) is 0 Å². The molecule has 1 fully saturated rings. The van der Waals surface area contributed by atoms with Gasteiger partial charge in [0, 0.05) is 24.6 Å². The molecule has 0 amide bonds. The van der Waals surface area contributed by atoms with Gasteiger partial charge in [0.1, 0.15) is 0 Å². The van der Waals surface area contributed by atoms with Crippen LogP contribution in [0.4, 0.5) is 0 Å². The van der Waals surface area contributed by atoms with Crippen molar-refractivity contribution in [3.63, 3.8) is 0 Å². The maximum absolute atomic E-state index is 9.06. The van der Waals surface area contributed by atoms with Crippen LogP contribution in [0.25, 0.3) is 0 Å². The van der Waals surface area contributed by atoms with E-state index in [9.17, 15) is 0 Å². The summed E-state index contributed by atoms with van der Waals surface area (Å²) in [5.74, 6) is 0. The zero-order valence-electron chi connectivity index (χ0n) is 7.19. The second kappa shape index (κ2) is 3.44. The Bertz CT molecular complexity index is 309. The first-order valence-corrected chi connectivity index (χ1v) is 5.10. The van der Waals surface area contributed by atoms with E-state index in [1.807, 2.05) is 5.38 Å². The molecule has 13 heavy (non-hydrogen) atoms. The second-order valence-electron chi connectivity index (χ2n) is 3.30. The van der Waals surface area contributed by atoms with Crippen molar-refractivity contribution in [3.8, 4) is 6.07 Å². The summed E-state index contributed by atoms with van der Waals surface area (Å²) in [4.78, 5) is 4.18. The Morgan fingerprint density at radius 3 is 3.23 bits per heavy atom. The van der Waals surface area contributed by atoms with Crippen LogP contribution >= 0.6 is 11.3 Å². The first-order valence-electron chi connectivity index (χ1n) is 4.22. The Labute approximate surface area is 81.0 Å². The zero-order chi connectivity index (χ0) is 9.15. The number of thiazole rings is 1. The zero-order valence-corrected chi connectivity index (χ0v) is 8.01. The third kappa shape index (κ3) is 1.71. The molecule has 4 heteroatoms. The minimum atomic E-state index is -0.308. The van der Waals surface area contributed by atoms with E-state index in [1.165, 1.54) is 0 Å². The SMILES string of the molecule is N#CC1(Cc2nccs2)CCOC1. The summed E-state index contributed by atoms with van der Waals surface area (Å²) in [5.41, 5.74) is -0.308. The van der Waals surface area contributed by atoms with E-state index in [4.69, 9.17) is 10.00 Å². The van der Waals surface area contributed by atoms with Gasteiger partial charge in [-0.1, -0.05) is 0 Å². The molecular formula is C9H10N2OS. The standard InChI is InChI=1S/C9H10N2OS/c10-6-9(1-3-12-7-9)5-8-11-2-4-13-8/h2,4H,1,3,5,7H2. The molecule has 2 heterocycles. The van der Waals surface area contributed by atoms with Gasteiger partial charge in [-0.25, -0.2) is 4.98 Å². The molecule has 0 bridgehead atoms. The Morgan fingerprint density at radius 2 is 2.69 bits per heavy atom. The van der Waals surface area contributed by atoms with Gasteiger partial charge in [-0.2, -0.15) is 5.26 Å². The van der Waals surface area contributed by atoms with Gasteiger partial charge in [0.2, 0.25) is 0 Å². The van der Waals surface area contributed by atoms with E-state index >= 15 is 0 Å². The van der Waals surface area contributed by atoms with Gasteiger partial charge in [0.25, 0.3) is 0 Å². The summed E-state index contributed by atoms with van der Waals surface area (Å²) in [6.07, 6.45) is 3.35. The third-order valence-electron chi connectivity index (χ3n) is 2.31. The van der Waals surface area contributed by atoms with Crippen LogP contribution in [0, 0.1) is 16.7 Å². The molecule has 1 saturated heterocycles. The van der Waals surface area contributed by atoms with Crippen LogP contribution in [0.1, 0.15) is 11.4 Å². The van der Waals surface area contributed by atoms with Gasteiger partial charge in [-0.3, -0.25) is 0 Å². The molecule has 0 aliphatic carbocycles. The van der Waals surface area contributed by atoms with E-state index in [-0.39, 0.29) is 5.41 Å². The number of hydrogen-bond donors (Lipinski definition) is 0. The van der Waals surface area contributed by atoms with Crippen LogP contribution < -0.4 is 0 Å². The minimum absolute atomic E-state index is 0.308. The first-order chi connectivity index (χ1) is 6.35. The van der Waals surface area contributed by atoms with E-state index in [2.05, 4.69) is 11.1 Å². The molecule has 2 rings (SSSR count). The lowest BCUT2D eigenvalue weighted by molar-refractivity contribution is 0.171. The molecule has 1 aliphatic heterocycles. The van der Waals surface area contributed by atoms with Gasteiger partial charge in [-0.05, 0) is 6.42 Å². The Hall–Kier alpha value is -0.920. The molecule has 1 atom stereocenters. The normalized spacial score (nSPS) is 27.3. The van der Waals surface area contributed by atoms with E-state index in [1.54, 1.807) is 17.5 Å². The topological polar surface area (TPSA) is 45.9 Å². The average molecular weight is 194 g/mol. The van der Waals surface area contributed by atoms with Crippen LogP contribution in [0.2, 0.25) is 0 Å². The summed E-state index contributed by atoms with van der Waals surface area (Å²) < 4.78 is 5.25. The molecule has 0 spiro atoms. The molecule has 1 unspecified atom stereocenters. The van der Waals surface area contributed by atoms with Crippen molar-refractivity contribution in [2.45, 2.75) is 12.8 Å². The lowest BCUT2D eigenvalue weighted by atomic mass is 9.86. The Morgan fingerprint density at radius 1 is 1.77 bits per heavy atom. The van der Waals surface area contributed by atoms with Gasteiger partial charge in [-0.15, -0.1) is 11.3 Å². The molecule has 1 aromatic rings. The fraction of sp³-hybridized carbons (Fsp3) is 0.556. The lowest BCUT2D eigenvalue weighted by Crippen LogP contribution is -2.21. The Balaban J connectivity index is 2.11. The number of ether oxygens (including phenoxy) is 1. The highest BCUT2D eigenvalue weighted by Gasteiger charge is 2.35. The molecule has 68 valence electrons. The quantitative estimate of drug-likeness (QED) is 0.718. The van der Waals surface area contributed by atoms with Crippen molar-refractivity contribution in [2.75, 3.05) is 13.2 Å². The molecule has 0 radical (unpaired) electrons. The predicted octanol–water partition coefficient (Wildman–Crippen LogP) is 1.62. The van der Waals surface area contributed by atoms with Crippen LogP contribution in [-0.4, -0.2) is 18.2 Å². The predicted molar refractivity (Wildman–Crippen MR) is 49.3 cm³/mol. The summed E-state index contributed by atoms with van der Waals surface area (Å²) >= 11 is 1.61. The highest BCUT2D eigenvalue weighted by molar-refractivity contribution is 7.09. The average Bonchev–Trinajstić information content (AvgIpc) is 2.77. The van der Waals surface area contributed by atoms with Gasteiger partial charge >= 0.3 is 0 Å². The first kappa shape index (κ1) is 8.67. The Kier molecular flexibility index (Phi) is 2.30. The largest absolute Gasteiger partial charge is 0.380 e. The summed E-state index contributed by atoms with van der Waals surface area (Å²) in [6.45, 7) is 1.27. The fourth-order valence-electron chi connectivity index (χ4n) is 1.50. The smallest absolute Gasteiger partial charge is 0.0941 e. The molecule has 0 saturated carbocycles. The van der Waals surface area contributed by atoms with Crippen molar-refractivity contribution in [2.24, 2.45) is 5.41 Å². The molecule has 1 aromatic heterocycles. The van der Waals surface area contributed by atoms with Crippen molar-refractivity contribution >= 4 is 11.3 Å². The number of nitriles is 1. The van der Waals surface area contributed by atoms with Crippen LogP contribution in [0.3, 0.4) is 0 Å². The summed E-state index contributed by atoms with van der Waals surface area (Å²) in [6, 6.07) is 2.36. The van der Waals surface area contributed by atoms with Crippen molar-refractivity contribution in [1.29, 1.82) is 5.26 Å². The summed E-state index contributed by atoms with van der Waals surface area (Å²) in [7, 11) is 0. The third-order valence-corrected chi connectivity index (χ3v) is 3.09. The molecule has 1 aliphatic rings. The molecule has 0 aromatic carbocycles. The highest BCUT2D eigenvalue weighted by atomic mass is 32.1. The number of nitrogens with zero attached hydrogens (tertiary/aromatic N) is 2. The lowest BCUT2D eigenvalue weighted by Gasteiger charge is -2.15. The maximum atomic E-state index is 9.06. The second-order valence-corrected chi connectivity index (χ2v) is 4.28. The van der Waals surface area contributed by atoms with Crippen molar-refractivity contribution in [3.05, 3.63) is 16.6 Å². The van der Waals surface area contributed by atoms with E-state index < -0.39 is 0 Å².